The average molecular weight is 444 g/mol. The lowest BCUT2D eigenvalue weighted by atomic mass is 10.0. The SMILES string of the molecule is CCOC(=O)c1c(-c2ccccc2)csc1NC(=O)CN1CCC(N(C)C(C)=O)CC1. The number of esters is 1. The molecule has 0 atom stereocenters. The molecule has 0 spiro atoms. The highest BCUT2D eigenvalue weighted by molar-refractivity contribution is 7.15. The molecule has 2 heterocycles. The third-order valence-electron chi connectivity index (χ3n) is 5.58. The number of carbonyl (C=O) groups is 3. The molecular weight excluding hydrogens is 414 g/mol. The zero-order chi connectivity index (χ0) is 22.4. The Hall–Kier alpha value is -2.71. The molecule has 1 aromatic heterocycles. The lowest BCUT2D eigenvalue weighted by molar-refractivity contribution is -0.130. The predicted octanol–water partition coefficient (Wildman–Crippen LogP) is 3.47. The number of benzene rings is 1. The molecule has 166 valence electrons. The molecule has 0 unspecified atom stereocenters. The maximum Gasteiger partial charge on any atom is 0.341 e. The van der Waals surface area contributed by atoms with E-state index in [0.29, 0.717) is 10.6 Å². The monoisotopic (exact) mass is 443 g/mol. The van der Waals surface area contributed by atoms with Crippen molar-refractivity contribution in [1.82, 2.24) is 9.80 Å². The van der Waals surface area contributed by atoms with E-state index >= 15 is 0 Å². The fraction of sp³-hybridized carbons (Fsp3) is 0.435. The molecule has 0 bridgehead atoms. The van der Waals surface area contributed by atoms with Gasteiger partial charge in [0.2, 0.25) is 11.8 Å². The number of anilines is 1. The minimum atomic E-state index is -0.439. The van der Waals surface area contributed by atoms with Crippen LogP contribution in [0.3, 0.4) is 0 Å². The first kappa shape index (κ1) is 23.0. The number of likely N-dealkylation sites (tertiary alicyclic amines) is 1. The number of amides is 2. The highest BCUT2D eigenvalue weighted by Crippen LogP contribution is 2.36. The first-order valence-corrected chi connectivity index (χ1v) is 11.4. The van der Waals surface area contributed by atoms with Gasteiger partial charge in [-0.05, 0) is 25.3 Å². The van der Waals surface area contributed by atoms with Gasteiger partial charge in [-0.15, -0.1) is 11.3 Å². The fourth-order valence-electron chi connectivity index (χ4n) is 3.78. The summed E-state index contributed by atoms with van der Waals surface area (Å²) in [7, 11) is 1.83. The van der Waals surface area contributed by atoms with Crippen molar-refractivity contribution in [3.63, 3.8) is 0 Å². The van der Waals surface area contributed by atoms with E-state index in [4.69, 9.17) is 4.74 Å². The van der Waals surface area contributed by atoms with Crippen molar-refractivity contribution in [2.24, 2.45) is 0 Å². The molecule has 31 heavy (non-hydrogen) atoms. The van der Waals surface area contributed by atoms with Crippen LogP contribution in [0.4, 0.5) is 5.00 Å². The largest absolute Gasteiger partial charge is 0.462 e. The molecule has 2 aromatic rings. The second-order valence-electron chi connectivity index (χ2n) is 7.63. The van der Waals surface area contributed by atoms with E-state index in [-0.39, 0.29) is 31.0 Å². The molecule has 1 saturated heterocycles. The quantitative estimate of drug-likeness (QED) is 0.663. The fourth-order valence-corrected chi connectivity index (χ4v) is 4.75. The van der Waals surface area contributed by atoms with Gasteiger partial charge in [0, 0.05) is 44.0 Å². The molecule has 1 aliphatic heterocycles. The molecule has 8 heteroatoms. The minimum Gasteiger partial charge on any atom is -0.462 e. The number of nitrogens with zero attached hydrogens (tertiary/aromatic N) is 2. The summed E-state index contributed by atoms with van der Waals surface area (Å²) in [4.78, 5) is 40.8. The van der Waals surface area contributed by atoms with Crippen LogP contribution in [0.1, 0.15) is 37.0 Å². The Balaban J connectivity index is 1.67. The minimum absolute atomic E-state index is 0.0644. The van der Waals surface area contributed by atoms with Crippen molar-refractivity contribution in [1.29, 1.82) is 0 Å². The Bertz CT molecular complexity index is 920. The van der Waals surface area contributed by atoms with Crippen molar-refractivity contribution >= 4 is 34.1 Å². The highest BCUT2D eigenvalue weighted by Gasteiger charge is 2.26. The van der Waals surface area contributed by atoms with E-state index in [0.717, 1.165) is 37.1 Å². The van der Waals surface area contributed by atoms with Crippen LogP contribution in [-0.4, -0.2) is 66.9 Å². The van der Waals surface area contributed by atoms with Gasteiger partial charge in [-0.2, -0.15) is 0 Å². The zero-order valence-corrected chi connectivity index (χ0v) is 19.0. The first-order chi connectivity index (χ1) is 14.9. The summed E-state index contributed by atoms with van der Waals surface area (Å²) >= 11 is 1.33. The average Bonchev–Trinajstić information content (AvgIpc) is 3.18. The van der Waals surface area contributed by atoms with Crippen LogP contribution in [-0.2, 0) is 14.3 Å². The number of rotatable bonds is 7. The Morgan fingerprint density at radius 1 is 1.19 bits per heavy atom. The summed E-state index contributed by atoms with van der Waals surface area (Å²) in [5.74, 6) is -0.536. The zero-order valence-electron chi connectivity index (χ0n) is 18.2. The highest BCUT2D eigenvalue weighted by atomic mass is 32.1. The van der Waals surface area contributed by atoms with Gasteiger partial charge in [0.15, 0.2) is 0 Å². The summed E-state index contributed by atoms with van der Waals surface area (Å²) in [6.07, 6.45) is 1.68. The van der Waals surface area contributed by atoms with Crippen LogP contribution in [0, 0.1) is 0 Å². The Kier molecular flexibility index (Phi) is 7.81. The topological polar surface area (TPSA) is 79.0 Å². The van der Waals surface area contributed by atoms with Gasteiger partial charge in [-0.25, -0.2) is 4.79 Å². The second kappa shape index (κ2) is 10.5. The summed E-state index contributed by atoms with van der Waals surface area (Å²) in [5, 5.41) is 5.30. The van der Waals surface area contributed by atoms with Crippen LogP contribution < -0.4 is 5.32 Å². The van der Waals surface area contributed by atoms with Gasteiger partial charge in [0.25, 0.3) is 0 Å². The summed E-state index contributed by atoms with van der Waals surface area (Å²) in [6, 6.07) is 9.82. The molecule has 0 saturated carbocycles. The number of nitrogens with one attached hydrogen (secondary N) is 1. The molecule has 1 fully saturated rings. The van der Waals surface area contributed by atoms with Gasteiger partial charge >= 0.3 is 5.97 Å². The number of piperidine rings is 1. The van der Waals surface area contributed by atoms with Crippen LogP contribution in [0.15, 0.2) is 35.7 Å². The third kappa shape index (κ3) is 5.71. The van der Waals surface area contributed by atoms with E-state index < -0.39 is 5.97 Å². The van der Waals surface area contributed by atoms with Crippen LogP contribution >= 0.6 is 11.3 Å². The molecule has 2 amide bonds. The van der Waals surface area contributed by atoms with Gasteiger partial charge in [0.1, 0.15) is 10.6 Å². The van der Waals surface area contributed by atoms with E-state index in [9.17, 15) is 14.4 Å². The van der Waals surface area contributed by atoms with Crippen molar-refractivity contribution in [3.05, 3.63) is 41.3 Å². The predicted molar refractivity (Wildman–Crippen MR) is 122 cm³/mol. The van der Waals surface area contributed by atoms with Gasteiger partial charge in [-0.3, -0.25) is 14.5 Å². The third-order valence-corrected chi connectivity index (χ3v) is 6.47. The number of carbonyl (C=O) groups excluding carboxylic acids is 3. The lowest BCUT2D eigenvalue weighted by Crippen LogP contribution is -2.46. The maximum atomic E-state index is 12.7. The summed E-state index contributed by atoms with van der Waals surface area (Å²) in [6.45, 7) is 5.35. The molecule has 1 aromatic carbocycles. The van der Waals surface area contributed by atoms with E-state index in [1.807, 2.05) is 42.8 Å². The first-order valence-electron chi connectivity index (χ1n) is 10.5. The summed E-state index contributed by atoms with van der Waals surface area (Å²) < 4.78 is 5.25. The summed E-state index contributed by atoms with van der Waals surface area (Å²) in [5.41, 5.74) is 2.06. The number of ether oxygens (including phenoxy) is 1. The van der Waals surface area contributed by atoms with Crippen LogP contribution in [0.2, 0.25) is 0 Å². The van der Waals surface area contributed by atoms with Gasteiger partial charge < -0.3 is 15.0 Å². The number of hydrogen-bond acceptors (Lipinski definition) is 6. The van der Waals surface area contributed by atoms with Gasteiger partial charge in [-0.1, -0.05) is 30.3 Å². The standard InChI is InChI=1S/C23H29N3O4S/c1-4-30-23(29)21-19(17-8-6-5-7-9-17)15-31-22(21)24-20(28)14-26-12-10-18(11-13-26)25(3)16(2)27/h5-9,15,18H,4,10-14H2,1-3H3,(H,24,28). The van der Waals surface area contributed by atoms with Crippen molar-refractivity contribution in [2.45, 2.75) is 32.7 Å². The Labute approximate surface area is 187 Å². The molecule has 1 N–H and O–H groups in total. The molecule has 1 aliphatic rings. The van der Waals surface area contributed by atoms with Crippen LogP contribution in [0.25, 0.3) is 11.1 Å². The van der Waals surface area contributed by atoms with E-state index in [1.165, 1.54) is 11.3 Å². The molecule has 0 aliphatic carbocycles. The smallest absolute Gasteiger partial charge is 0.341 e. The number of hydrogen-bond donors (Lipinski definition) is 1. The Morgan fingerprint density at radius 3 is 2.48 bits per heavy atom. The molecule has 0 radical (unpaired) electrons. The van der Waals surface area contributed by atoms with Crippen molar-refractivity contribution in [3.8, 4) is 11.1 Å². The Morgan fingerprint density at radius 2 is 1.87 bits per heavy atom. The maximum absolute atomic E-state index is 12.7. The normalized spacial score (nSPS) is 14.8. The van der Waals surface area contributed by atoms with Crippen molar-refractivity contribution in [2.75, 3.05) is 38.6 Å². The van der Waals surface area contributed by atoms with E-state index in [1.54, 1.807) is 18.7 Å². The van der Waals surface area contributed by atoms with Gasteiger partial charge in [0.05, 0.1) is 13.2 Å². The van der Waals surface area contributed by atoms with Crippen LogP contribution in [0.5, 0.6) is 0 Å². The molecular formula is C23H29N3O4S. The lowest BCUT2D eigenvalue weighted by Gasteiger charge is -2.36. The number of thiophene rings is 1. The van der Waals surface area contributed by atoms with E-state index in [2.05, 4.69) is 10.2 Å². The molecule has 7 nitrogen and oxygen atoms in total. The second-order valence-corrected chi connectivity index (χ2v) is 8.51. The molecule has 3 rings (SSSR count). The van der Waals surface area contributed by atoms with Crippen molar-refractivity contribution < 1.29 is 19.1 Å².